The van der Waals surface area contributed by atoms with Gasteiger partial charge in [-0.25, -0.2) is 0 Å². The maximum atomic E-state index is 9.88. The molecule has 0 heterocycles. The summed E-state index contributed by atoms with van der Waals surface area (Å²) >= 11 is 0. The van der Waals surface area contributed by atoms with Gasteiger partial charge in [0, 0.05) is 5.41 Å². The predicted molar refractivity (Wildman–Crippen MR) is 82.8 cm³/mol. The molecule has 2 N–H and O–H groups in total. The van der Waals surface area contributed by atoms with Gasteiger partial charge in [-0.15, -0.1) is 0 Å². The van der Waals surface area contributed by atoms with Crippen molar-refractivity contribution in [2.24, 2.45) is 11.3 Å². The highest BCUT2D eigenvalue weighted by molar-refractivity contribution is 5.25. The first kappa shape index (κ1) is 15.5. The lowest BCUT2D eigenvalue weighted by molar-refractivity contribution is 0.00570. The normalized spacial score (nSPS) is 17.1. The van der Waals surface area contributed by atoms with E-state index in [1.54, 1.807) is 0 Å². The molecule has 0 saturated heterocycles. The maximum Gasteiger partial charge on any atom is 0.0515 e. The van der Waals surface area contributed by atoms with E-state index in [1.807, 2.05) is 0 Å². The molecule has 0 aliphatic heterocycles. The molecular weight excluding hydrogens is 248 g/mol. The Morgan fingerprint density at radius 3 is 2.05 bits per heavy atom. The van der Waals surface area contributed by atoms with E-state index in [4.69, 9.17) is 0 Å². The second-order valence-electron chi connectivity index (χ2n) is 6.73. The summed E-state index contributed by atoms with van der Waals surface area (Å²) in [4.78, 5) is 0. The zero-order chi connectivity index (χ0) is 14.6. The van der Waals surface area contributed by atoms with Crippen LogP contribution in [0.2, 0.25) is 0 Å². The molecule has 1 fully saturated rings. The summed E-state index contributed by atoms with van der Waals surface area (Å²) in [5.74, 6) is 1.00. The van der Waals surface area contributed by atoms with Crippen molar-refractivity contribution < 1.29 is 10.2 Å². The van der Waals surface area contributed by atoms with Crippen LogP contribution < -0.4 is 0 Å². The van der Waals surface area contributed by atoms with E-state index < -0.39 is 0 Å². The molecule has 0 unspecified atom stereocenters. The minimum atomic E-state index is -0.337. The summed E-state index contributed by atoms with van der Waals surface area (Å²) in [7, 11) is 0. The molecule has 112 valence electrons. The van der Waals surface area contributed by atoms with Crippen molar-refractivity contribution in [2.75, 3.05) is 13.2 Å². The van der Waals surface area contributed by atoms with Crippen molar-refractivity contribution in [1.29, 1.82) is 0 Å². The third-order valence-electron chi connectivity index (χ3n) is 5.05. The molecule has 0 bridgehead atoms. The van der Waals surface area contributed by atoms with Gasteiger partial charge in [-0.05, 0) is 42.2 Å². The molecule has 20 heavy (non-hydrogen) atoms. The summed E-state index contributed by atoms with van der Waals surface area (Å²) in [6.45, 7) is 4.55. The quantitative estimate of drug-likeness (QED) is 0.834. The second kappa shape index (κ2) is 6.73. The van der Waals surface area contributed by atoms with Crippen molar-refractivity contribution in [3.05, 3.63) is 35.4 Å². The van der Waals surface area contributed by atoms with Crippen molar-refractivity contribution in [2.45, 2.75) is 51.9 Å². The topological polar surface area (TPSA) is 40.5 Å². The summed E-state index contributed by atoms with van der Waals surface area (Å²) in [5, 5.41) is 19.8. The highest BCUT2D eigenvalue weighted by Gasteiger charge is 2.39. The van der Waals surface area contributed by atoms with Crippen molar-refractivity contribution in [3.63, 3.8) is 0 Å². The predicted octanol–water partition coefficient (Wildman–Crippen LogP) is 3.51. The lowest BCUT2D eigenvalue weighted by atomic mass is 9.71. The molecule has 0 atom stereocenters. The van der Waals surface area contributed by atoms with Crippen LogP contribution in [0.25, 0.3) is 0 Å². The lowest BCUT2D eigenvalue weighted by Gasteiger charge is -2.36. The van der Waals surface area contributed by atoms with Crippen molar-refractivity contribution >= 4 is 0 Å². The van der Waals surface area contributed by atoms with Crippen LogP contribution in [0.5, 0.6) is 0 Å². The highest BCUT2D eigenvalue weighted by atomic mass is 16.3. The summed E-state index contributed by atoms with van der Waals surface area (Å²) in [6, 6.07) is 8.66. The second-order valence-corrected chi connectivity index (χ2v) is 6.73. The van der Waals surface area contributed by atoms with Crippen LogP contribution in [0.4, 0.5) is 0 Å². The monoisotopic (exact) mass is 276 g/mol. The van der Waals surface area contributed by atoms with E-state index in [0.717, 1.165) is 19.3 Å². The highest BCUT2D eigenvalue weighted by Crippen LogP contribution is 2.42. The van der Waals surface area contributed by atoms with Crippen LogP contribution in [0.15, 0.2) is 24.3 Å². The molecule has 1 aromatic rings. The van der Waals surface area contributed by atoms with Gasteiger partial charge in [0.1, 0.15) is 0 Å². The van der Waals surface area contributed by atoms with Crippen molar-refractivity contribution in [1.82, 2.24) is 0 Å². The molecule has 1 saturated carbocycles. The van der Waals surface area contributed by atoms with E-state index in [2.05, 4.69) is 38.1 Å². The molecule has 0 amide bonds. The third-order valence-corrected chi connectivity index (χ3v) is 5.05. The van der Waals surface area contributed by atoms with Gasteiger partial charge in [0.2, 0.25) is 0 Å². The maximum absolute atomic E-state index is 9.88. The molecule has 1 aliphatic carbocycles. The molecule has 2 rings (SSSR count). The molecule has 1 aliphatic rings. The number of hydrogen-bond donors (Lipinski definition) is 2. The zero-order valence-corrected chi connectivity index (χ0v) is 12.8. The van der Waals surface area contributed by atoms with Gasteiger partial charge >= 0.3 is 0 Å². The van der Waals surface area contributed by atoms with E-state index >= 15 is 0 Å². The molecule has 2 heteroatoms. The fraction of sp³-hybridized carbons (Fsp3) is 0.667. The first-order valence-electron chi connectivity index (χ1n) is 7.92. The number of rotatable bonds is 6. The average Bonchev–Trinajstić information content (AvgIpc) is 3.00. The van der Waals surface area contributed by atoms with Gasteiger partial charge in [-0.1, -0.05) is 51.0 Å². The average molecular weight is 276 g/mol. The minimum absolute atomic E-state index is 0.0834. The van der Waals surface area contributed by atoms with Gasteiger partial charge < -0.3 is 10.2 Å². The van der Waals surface area contributed by atoms with Crippen LogP contribution >= 0.6 is 0 Å². The Morgan fingerprint density at radius 1 is 1.05 bits per heavy atom. The first-order valence-corrected chi connectivity index (χ1v) is 7.92. The Kier molecular flexibility index (Phi) is 5.22. The van der Waals surface area contributed by atoms with E-state index in [1.165, 1.54) is 24.0 Å². The Bertz CT molecular complexity index is 398. The minimum Gasteiger partial charge on any atom is -0.396 e. The van der Waals surface area contributed by atoms with Gasteiger partial charge in [0.15, 0.2) is 0 Å². The Labute approximate surface area is 122 Å². The fourth-order valence-corrected chi connectivity index (χ4v) is 3.53. The summed E-state index contributed by atoms with van der Waals surface area (Å²) in [5.41, 5.74) is 2.23. The Morgan fingerprint density at radius 2 is 1.60 bits per heavy atom. The summed E-state index contributed by atoms with van der Waals surface area (Å²) in [6.07, 6.45) is 5.54. The van der Waals surface area contributed by atoms with Gasteiger partial charge in [0.25, 0.3) is 0 Å². The zero-order valence-electron chi connectivity index (χ0n) is 12.8. The molecule has 0 aromatic heterocycles. The van der Waals surface area contributed by atoms with Crippen LogP contribution in [0, 0.1) is 11.3 Å². The number of aliphatic hydroxyl groups is 2. The van der Waals surface area contributed by atoms with Gasteiger partial charge in [0.05, 0.1) is 13.2 Å². The van der Waals surface area contributed by atoms with E-state index in [0.29, 0.717) is 11.8 Å². The molecule has 0 spiro atoms. The molecule has 2 nitrogen and oxygen atoms in total. The fourth-order valence-electron chi connectivity index (χ4n) is 3.53. The SMILES string of the molecule is CC(C)c1ccc(CC(CO)(CO)C2CCCC2)cc1. The van der Waals surface area contributed by atoms with E-state index in [9.17, 15) is 10.2 Å². The standard InChI is InChI=1S/C18H28O2/c1-14(2)16-9-7-15(8-10-16)11-18(12-19,13-20)17-5-3-4-6-17/h7-10,14,17,19-20H,3-6,11-13H2,1-2H3. The number of benzene rings is 1. The summed E-state index contributed by atoms with van der Waals surface area (Å²) < 4.78 is 0. The molecule has 1 aromatic carbocycles. The number of aliphatic hydroxyl groups excluding tert-OH is 2. The Hall–Kier alpha value is -0.860. The lowest BCUT2D eigenvalue weighted by Crippen LogP contribution is -2.39. The smallest absolute Gasteiger partial charge is 0.0515 e. The van der Waals surface area contributed by atoms with Crippen LogP contribution in [0.1, 0.15) is 56.6 Å². The van der Waals surface area contributed by atoms with Crippen molar-refractivity contribution in [3.8, 4) is 0 Å². The van der Waals surface area contributed by atoms with Crippen LogP contribution in [0.3, 0.4) is 0 Å². The van der Waals surface area contributed by atoms with Gasteiger partial charge in [-0.3, -0.25) is 0 Å². The van der Waals surface area contributed by atoms with E-state index in [-0.39, 0.29) is 18.6 Å². The number of hydrogen-bond acceptors (Lipinski definition) is 2. The third kappa shape index (κ3) is 3.24. The molecule has 0 radical (unpaired) electrons. The van der Waals surface area contributed by atoms with Crippen LogP contribution in [-0.2, 0) is 6.42 Å². The van der Waals surface area contributed by atoms with Crippen LogP contribution in [-0.4, -0.2) is 23.4 Å². The Balaban J connectivity index is 2.14. The van der Waals surface area contributed by atoms with Gasteiger partial charge in [-0.2, -0.15) is 0 Å². The molecular formula is C18H28O2. The first-order chi connectivity index (χ1) is 9.61. The largest absolute Gasteiger partial charge is 0.396 e.